The second kappa shape index (κ2) is 7.49. The van der Waals surface area contributed by atoms with Crippen molar-refractivity contribution in [3.8, 4) is 0 Å². The van der Waals surface area contributed by atoms with Gasteiger partial charge in [-0.15, -0.1) is 0 Å². The van der Waals surface area contributed by atoms with Crippen LogP contribution in [0.1, 0.15) is 16.2 Å². The number of anilines is 3. The van der Waals surface area contributed by atoms with E-state index in [4.69, 9.17) is 11.6 Å². The van der Waals surface area contributed by atoms with E-state index in [2.05, 4.69) is 15.3 Å². The number of para-hydroxylation sites is 1. The number of nitrogens with zero attached hydrogens (tertiary/aromatic N) is 3. The second-order valence-corrected chi connectivity index (χ2v) is 6.08. The van der Waals surface area contributed by atoms with Crippen molar-refractivity contribution < 1.29 is 9.18 Å². The Morgan fingerprint density at radius 2 is 1.85 bits per heavy atom. The first-order chi connectivity index (χ1) is 12.4. The van der Waals surface area contributed by atoms with Gasteiger partial charge in [0, 0.05) is 24.1 Å². The van der Waals surface area contributed by atoms with E-state index in [0.717, 1.165) is 5.69 Å². The number of benzene rings is 2. The van der Waals surface area contributed by atoms with Gasteiger partial charge < -0.3 is 10.2 Å². The molecular weight excluding hydrogens is 355 g/mol. The molecule has 0 aliphatic rings. The van der Waals surface area contributed by atoms with Gasteiger partial charge >= 0.3 is 0 Å². The number of aromatic nitrogens is 2. The fourth-order valence-corrected chi connectivity index (χ4v) is 2.56. The first kappa shape index (κ1) is 17.8. The summed E-state index contributed by atoms with van der Waals surface area (Å²) < 4.78 is 13.3. The largest absolute Gasteiger partial charge is 0.324 e. The summed E-state index contributed by atoms with van der Waals surface area (Å²) >= 11 is 5.79. The average molecular weight is 371 g/mol. The Hall–Kier alpha value is -2.99. The lowest BCUT2D eigenvalue weighted by Gasteiger charge is -2.17. The van der Waals surface area contributed by atoms with Gasteiger partial charge in [0.2, 0.25) is 5.95 Å². The van der Waals surface area contributed by atoms with E-state index in [0.29, 0.717) is 11.4 Å². The lowest BCUT2D eigenvalue weighted by atomic mass is 10.2. The van der Waals surface area contributed by atoms with E-state index >= 15 is 0 Å². The quantitative estimate of drug-likeness (QED) is 0.729. The molecule has 1 aromatic heterocycles. The van der Waals surface area contributed by atoms with Crippen LogP contribution in [0.5, 0.6) is 0 Å². The van der Waals surface area contributed by atoms with Crippen molar-refractivity contribution in [3.05, 3.63) is 76.8 Å². The summed E-state index contributed by atoms with van der Waals surface area (Å²) in [5, 5.41) is 2.93. The standard InChI is InChI=1S/C19H16ClFN4O/c1-12-10-17(18(26)25(2)14-6-4-3-5-7-14)24-19(22-12)23-13-8-9-16(21)15(20)11-13/h3-11H,1-2H3,(H,22,23,24). The Morgan fingerprint density at radius 3 is 2.54 bits per heavy atom. The molecule has 7 heteroatoms. The topological polar surface area (TPSA) is 58.1 Å². The van der Waals surface area contributed by atoms with Crippen molar-refractivity contribution in [2.75, 3.05) is 17.3 Å². The first-order valence-corrected chi connectivity index (χ1v) is 8.22. The summed E-state index contributed by atoms with van der Waals surface area (Å²) in [5.41, 5.74) is 2.16. The molecule has 1 amide bonds. The maximum atomic E-state index is 13.3. The van der Waals surface area contributed by atoms with Gasteiger partial charge in [-0.05, 0) is 43.3 Å². The number of hydrogen-bond donors (Lipinski definition) is 1. The van der Waals surface area contributed by atoms with Crippen molar-refractivity contribution in [1.29, 1.82) is 0 Å². The van der Waals surface area contributed by atoms with Gasteiger partial charge in [0.15, 0.2) is 0 Å². The van der Waals surface area contributed by atoms with E-state index in [1.165, 1.54) is 23.1 Å². The third kappa shape index (κ3) is 3.97. The number of aryl methyl sites for hydroxylation is 1. The zero-order valence-corrected chi connectivity index (χ0v) is 15.0. The summed E-state index contributed by atoms with van der Waals surface area (Å²) in [6.45, 7) is 1.77. The highest BCUT2D eigenvalue weighted by Gasteiger charge is 2.17. The number of halogens is 2. The van der Waals surface area contributed by atoms with Crippen LogP contribution in [0.25, 0.3) is 0 Å². The summed E-state index contributed by atoms with van der Waals surface area (Å²) in [6.07, 6.45) is 0. The molecule has 3 rings (SSSR count). The number of rotatable bonds is 4. The summed E-state index contributed by atoms with van der Waals surface area (Å²) in [6, 6.07) is 15.1. The Bertz CT molecular complexity index is 950. The van der Waals surface area contributed by atoms with Crippen molar-refractivity contribution in [3.63, 3.8) is 0 Å². The minimum absolute atomic E-state index is 0.0113. The second-order valence-electron chi connectivity index (χ2n) is 5.67. The van der Waals surface area contributed by atoms with Crippen LogP contribution in [0.2, 0.25) is 5.02 Å². The smallest absolute Gasteiger partial charge is 0.276 e. The average Bonchev–Trinajstić information content (AvgIpc) is 2.64. The Kier molecular flexibility index (Phi) is 5.14. The van der Waals surface area contributed by atoms with Gasteiger partial charge in [-0.1, -0.05) is 29.8 Å². The third-order valence-corrected chi connectivity index (χ3v) is 3.99. The van der Waals surface area contributed by atoms with Crippen LogP contribution in [0.3, 0.4) is 0 Å². The predicted molar refractivity (Wildman–Crippen MR) is 101 cm³/mol. The van der Waals surface area contributed by atoms with Crippen LogP contribution in [-0.2, 0) is 0 Å². The molecule has 132 valence electrons. The number of hydrogen-bond acceptors (Lipinski definition) is 4. The highest BCUT2D eigenvalue weighted by atomic mass is 35.5. The van der Waals surface area contributed by atoms with E-state index in [1.807, 2.05) is 30.3 Å². The molecule has 0 spiro atoms. The zero-order chi connectivity index (χ0) is 18.7. The molecule has 1 heterocycles. The van der Waals surface area contributed by atoms with Crippen LogP contribution in [0, 0.1) is 12.7 Å². The Morgan fingerprint density at radius 1 is 1.12 bits per heavy atom. The predicted octanol–water partition coefficient (Wildman–Crippen LogP) is 4.60. The Balaban J connectivity index is 1.87. The summed E-state index contributed by atoms with van der Waals surface area (Å²) in [5.74, 6) is -0.540. The molecule has 1 N–H and O–H groups in total. The Labute approximate surface area is 155 Å². The van der Waals surface area contributed by atoms with Gasteiger partial charge in [-0.25, -0.2) is 14.4 Å². The maximum Gasteiger partial charge on any atom is 0.276 e. The highest BCUT2D eigenvalue weighted by molar-refractivity contribution is 6.31. The highest BCUT2D eigenvalue weighted by Crippen LogP contribution is 2.22. The monoisotopic (exact) mass is 370 g/mol. The summed E-state index contributed by atoms with van der Waals surface area (Å²) in [4.78, 5) is 22.8. The third-order valence-electron chi connectivity index (χ3n) is 3.70. The normalized spacial score (nSPS) is 10.5. The van der Waals surface area contributed by atoms with Crippen LogP contribution in [-0.4, -0.2) is 22.9 Å². The van der Waals surface area contributed by atoms with Crippen LogP contribution in [0.4, 0.5) is 21.7 Å². The summed E-state index contributed by atoms with van der Waals surface area (Å²) in [7, 11) is 1.68. The maximum absolute atomic E-state index is 13.3. The van der Waals surface area contributed by atoms with Crippen LogP contribution >= 0.6 is 11.6 Å². The number of carbonyl (C=O) groups excluding carboxylic acids is 1. The zero-order valence-electron chi connectivity index (χ0n) is 14.2. The van der Waals surface area contributed by atoms with E-state index in [-0.39, 0.29) is 22.6 Å². The molecule has 0 aliphatic heterocycles. The molecule has 5 nitrogen and oxygen atoms in total. The SMILES string of the molecule is Cc1cc(C(=O)N(C)c2ccccc2)nc(Nc2ccc(F)c(Cl)c2)n1. The lowest BCUT2D eigenvalue weighted by Crippen LogP contribution is -2.27. The molecule has 2 aromatic carbocycles. The van der Waals surface area contributed by atoms with E-state index < -0.39 is 5.82 Å². The molecule has 0 aliphatic carbocycles. The van der Waals surface area contributed by atoms with Crippen molar-refractivity contribution in [2.24, 2.45) is 0 Å². The molecule has 0 bridgehead atoms. The minimum Gasteiger partial charge on any atom is -0.324 e. The van der Waals surface area contributed by atoms with Crippen molar-refractivity contribution in [2.45, 2.75) is 6.92 Å². The van der Waals surface area contributed by atoms with Crippen molar-refractivity contribution >= 4 is 34.8 Å². The molecule has 0 saturated carbocycles. The number of nitrogens with one attached hydrogen (secondary N) is 1. The van der Waals surface area contributed by atoms with Crippen LogP contribution in [0.15, 0.2) is 54.6 Å². The van der Waals surface area contributed by atoms with Gasteiger partial charge in [0.1, 0.15) is 11.5 Å². The fraction of sp³-hybridized carbons (Fsp3) is 0.105. The van der Waals surface area contributed by atoms with E-state index in [1.54, 1.807) is 20.0 Å². The van der Waals surface area contributed by atoms with Gasteiger partial charge in [0.05, 0.1) is 5.02 Å². The fourth-order valence-electron chi connectivity index (χ4n) is 2.38. The molecule has 0 fully saturated rings. The molecule has 3 aromatic rings. The molecule has 0 saturated heterocycles. The molecule has 0 unspecified atom stereocenters. The van der Waals surface area contributed by atoms with Crippen molar-refractivity contribution in [1.82, 2.24) is 9.97 Å². The number of amides is 1. The van der Waals surface area contributed by atoms with Gasteiger partial charge in [0.25, 0.3) is 5.91 Å². The number of carbonyl (C=O) groups is 1. The first-order valence-electron chi connectivity index (χ1n) is 7.85. The van der Waals surface area contributed by atoms with Gasteiger partial charge in [-0.2, -0.15) is 0 Å². The molecule has 0 radical (unpaired) electrons. The van der Waals surface area contributed by atoms with Crippen LogP contribution < -0.4 is 10.2 Å². The molecule has 26 heavy (non-hydrogen) atoms. The van der Waals surface area contributed by atoms with E-state index in [9.17, 15) is 9.18 Å². The van der Waals surface area contributed by atoms with Gasteiger partial charge in [-0.3, -0.25) is 4.79 Å². The lowest BCUT2D eigenvalue weighted by molar-refractivity contribution is 0.0988. The molecule has 0 atom stereocenters. The molecular formula is C19H16ClFN4O. The minimum atomic E-state index is -0.511.